The minimum absolute atomic E-state index is 0.149. The molecule has 4 aromatic rings. The van der Waals surface area contributed by atoms with Crippen LogP contribution >= 0.6 is 0 Å². The summed E-state index contributed by atoms with van der Waals surface area (Å²) in [4.78, 5) is 28.3. The molecule has 4 aromatic heterocycles. The third-order valence-electron chi connectivity index (χ3n) is 4.43. The van der Waals surface area contributed by atoms with Gasteiger partial charge in [0.05, 0.1) is 41.0 Å². The summed E-state index contributed by atoms with van der Waals surface area (Å²) in [5, 5.41) is 0. The first-order valence-corrected chi connectivity index (χ1v) is 8.45. The number of aryl methyl sites for hydroxylation is 1. The zero-order chi connectivity index (χ0) is 17.4. The minimum Gasteiger partial charge on any atom is -0.325 e. The highest BCUT2D eigenvalue weighted by atomic mass is 16.1. The van der Waals surface area contributed by atoms with Crippen molar-refractivity contribution in [3.63, 3.8) is 0 Å². The molecule has 0 aromatic carbocycles. The lowest BCUT2D eigenvalue weighted by atomic mass is 10.1. The van der Waals surface area contributed by atoms with E-state index in [1.165, 1.54) is 0 Å². The molecule has 0 amide bonds. The number of aromatic amines is 1. The predicted molar refractivity (Wildman–Crippen MR) is 96.4 cm³/mol. The smallest absolute Gasteiger partial charge is 0.325 e. The van der Waals surface area contributed by atoms with Crippen molar-refractivity contribution in [3.05, 3.63) is 53.2 Å². The fourth-order valence-electron chi connectivity index (χ4n) is 3.09. The van der Waals surface area contributed by atoms with Crippen molar-refractivity contribution in [1.82, 2.24) is 29.1 Å². The number of pyridine rings is 2. The van der Waals surface area contributed by atoms with Crippen LogP contribution in [0.25, 0.3) is 22.1 Å². The maximum absolute atomic E-state index is 12.4. The molecule has 128 valence electrons. The molecule has 4 heterocycles. The Morgan fingerprint density at radius 3 is 2.72 bits per heavy atom. The van der Waals surface area contributed by atoms with Gasteiger partial charge in [-0.2, -0.15) is 0 Å². The van der Waals surface area contributed by atoms with Crippen molar-refractivity contribution in [3.8, 4) is 0 Å². The lowest BCUT2D eigenvalue weighted by Crippen LogP contribution is -2.20. The van der Waals surface area contributed by atoms with Gasteiger partial charge in [0.1, 0.15) is 5.82 Å². The molecule has 0 fully saturated rings. The molecular weight excluding hydrogens is 316 g/mol. The summed E-state index contributed by atoms with van der Waals surface area (Å²) in [5.74, 6) is 1.45. The molecule has 0 aliphatic rings. The number of H-pyrrole nitrogens is 1. The zero-order valence-corrected chi connectivity index (χ0v) is 14.3. The lowest BCUT2D eigenvalue weighted by Gasteiger charge is -2.11. The van der Waals surface area contributed by atoms with Crippen molar-refractivity contribution < 1.29 is 0 Å². The Balaban J connectivity index is 1.81. The topological polar surface area (TPSA) is 81.4 Å². The van der Waals surface area contributed by atoms with Crippen LogP contribution in [0.15, 0.2) is 41.7 Å². The molecule has 25 heavy (non-hydrogen) atoms. The second-order valence-corrected chi connectivity index (χ2v) is 6.64. The van der Waals surface area contributed by atoms with E-state index in [2.05, 4.69) is 33.4 Å². The van der Waals surface area contributed by atoms with Gasteiger partial charge in [0.25, 0.3) is 0 Å². The molecule has 0 saturated heterocycles. The second kappa shape index (κ2) is 6.16. The van der Waals surface area contributed by atoms with Crippen LogP contribution in [0.5, 0.6) is 0 Å². The quantitative estimate of drug-likeness (QED) is 0.607. The minimum atomic E-state index is -0.149. The number of aromatic nitrogens is 6. The van der Waals surface area contributed by atoms with E-state index in [0.29, 0.717) is 12.5 Å². The number of hydrogen-bond acceptors (Lipinski definition) is 4. The van der Waals surface area contributed by atoms with Gasteiger partial charge in [-0.05, 0) is 24.5 Å². The average molecular weight is 336 g/mol. The summed E-state index contributed by atoms with van der Waals surface area (Å²) >= 11 is 0. The van der Waals surface area contributed by atoms with Crippen LogP contribution in [0.4, 0.5) is 0 Å². The van der Waals surface area contributed by atoms with Crippen molar-refractivity contribution in [2.24, 2.45) is 5.92 Å². The van der Waals surface area contributed by atoms with E-state index in [1.807, 2.05) is 18.3 Å². The van der Waals surface area contributed by atoms with E-state index < -0.39 is 0 Å². The van der Waals surface area contributed by atoms with Gasteiger partial charge < -0.3 is 9.55 Å². The molecule has 0 bridgehead atoms. The molecule has 1 N–H and O–H groups in total. The predicted octanol–water partition coefficient (Wildman–Crippen LogP) is 2.56. The van der Waals surface area contributed by atoms with Crippen molar-refractivity contribution in [1.29, 1.82) is 0 Å². The third kappa shape index (κ3) is 2.82. The highest BCUT2D eigenvalue weighted by molar-refractivity contribution is 5.75. The van der Waals surface area contributed by atoms with Crippen molar-refractivity contribution in [2.45, 2.75) is 33.4 Å². The number of hydrogen-bond donors (Lipinski definition) is 1. The molecule has 0 atom stereocenters. The first-order valence-electron chi connectivity index (χ1n) is 8.45. The van der Waals surface area contributed by atoms with Crippen LogP contribution in [0, 0.1) is 5.92 Å². The van der Waals surface area contributed by atoms with Crippen LogP contribution in [-0.2, 0) is 13.1 Å². The standard InChI is InChI=1S/C18H20N6O/c1-12(2)5-8-23-16-10-20-6-3-13(16)21-17(23)11-24-15-4-7-19-9-14(15)22-18(24)25/h3-4,6-7,9-10,12H,5,8,11H2,1-2H3,(H,22,25). The first kappa shape index (κ1) is 15.6. The molecule has 0 aliphatic heterocycles. The molecule has 7 heteroatoms. The Bertz CT molecular complexity index is 1090. The van der Waals surface area contributed by atoms with E-state index in [4.69, 9.17) is 4.98 Å². The Morgan fingerprint density at radius 1 is 1.08 bits per heavy atom. The lowest BCUT2D eigenvalue weighted by molar-refractivity contribution is 0.507. The maximum Gasteiger partial charge on any atom is 0.326 e. The number of rotatable bonds is 5. The molecule has 7 nitrogen and oxygen atoms in total. The number of imidazole rings is 2. The van der Waals surface area contributed by atoms with E-state index in [0.717, 1.165) is 40.9 Å². The van der Waals surface area contributed by atoms with E-state index in [9.17, 15) is 4.79 Å². The Labute approximate surface area is 144 Å². The number of nitrogens with zero attached hydrogens (tertiary/aromatic N) is 5. The van der Waals surface area contributed by atoms with Gasteiger partial charge in [0, 0.05) is 18.9 Å². The molecule has 0 radical (unpaired) electrons. The Morgan fingerprint density at radius 2 is 1.88 bits per heavy atom. The summed E-state index contributed by atoms with van der Waals surface area (Å²) in [6.07, 6.45) is 7.99. The molecule has 0 aliphatic carbocycles. The van der Waals surface area contributed by atoms with Crippen LogP contribution in [0.3, 0.4) is 0 Å². The van der Waals surface area contributed by atoms with Gasteiger partial charge in [-0.1, -0.05) is 13.8 Å². The van der Waals surface area contributed by atoms with E-state index >= 15 is 0 Å². The summed E-state index contributed by atoms with van der Waals surface area (Å²) in [7, 11) is 0. The Kier molecular flexibility index (Phi) is 3.83. The van der Waals surface area contributed by atoms with Crippen LogP contribution in [0.2, 0.25) is 0 Å². The summed E-state index contributed by atoms with van der Waals surface area (Å²) < 4.78 is 3.88. The second-order valence-electron chi connectivity index (χ2n) is 6.64. The molecular formula is C18H20N6O. The summed E-state index contributed by atoms with van der Waals surface area (Å²) in [6.45, 7) is 5.67. The fraction of sp³-hybridized carbons (Fsp3) is 0.333. The number of fused-ring (bicyclic) bond motifs is 2. The largest absolute Gasteiger partial charge is 0.326 e. The highest BCUT2D eigenvalue weighted by Crippen LogP contribution is 2.18. The van der Waals surface area contributed by atoms with Crippen molar-refractivity contribution >= 4 is 22.1 Å². The molecule has 0 unspecified atom stereocenters. The van der Waals surface area contributed by atoms with Gasteiger partial charge in [0.2, 0.25) is 0 Å². The average Bonchev–Trinajstić information content (AvgIpc) is 3.11. The first-order chi connectivity index (χ1) is 12.1. The van der Waals surface area contributed by atoms with Gasteiger partial charge in [-0.3, -0.25) is 14.5 Å². The van der Waals surface area contributed by atoms with Gasteiger partial charge in [-0.25, -0.2) is 9.78 Å². The van der Waals surface area contributed by atoms with Crippen LogP contribution in [0.1, 0.15) is 26.1 Å². The SMILES string of the molecule is CC(C)CCn1c(Cn2c(=O)[nH]c3cnccc32)nc2ccncc21. The van der Waals surface area contributed by atoms with Gasteiger partial charge >= 0.3 is 5.69 Å². The number of nitrogens with one attached hydrogen (secondary N) is 1. The normalized spacial score (nSPS) is 11.8. The molecule has 0 spiro atoms. The van der Waals surface area contributed by atoms with Crippen molar-refractivity contribution in [2.75, 3.05) is 0 Å². The Hall–Kier alpha value is -2.96. The molecule has 4 rings (SSSR count). The van der Waals surface area contributed by atoms with Gasteiger partial charge in [0.15, 0.2) is 0 Å². The highest BCUT2D eigenvalue weighted by Gasteiger charge is 2.14. The maximum atomic E-state index is 12.4. The zero-order valence-electron chi connectivity index (χ0n) is 14.3. The van der Waals surface area contributed by atoms with E-state index in [-0.39, 0.29) is 5.69 Å². The third-order valence-corrected chi connectivity index (χ3v) is 4.43. The molecule has 0 saturated carbocycles. The van der Waals surface area contributed by atoms with E-state index in [1.54, 1.807) is 23.2 Å². The fourth-order valence-corrected chi connectivity index (χ4v) is 3.09. The van der Waals surface area contributed by atoms with Gasteiger partial charge in [-0.15, -0.1) is 0 Å². The summed E-state index contributed by atoms with van der Waals surface area (Å²) in [6, 6.07) is 3.75. The van der Waals surface area contributed by atoms with Crippen LogP contribution < -0.4 is 5.69 Å². The summed E-state index contributed by atoms with van der Waals surface area (Å²) in [5.41, 5.74) is 3.33. The monoisotopic (exact) mass is 336 g/mol. The van der Waals surface area contributed by atoms with Crippen LogP contribution in [-0.4, -0.2) is 29.1 Å².